The van der Waals surface area contributed by atoms with Crippen LogP contribution in [0.25, 0.3) is 22.0 Å². The van der Waals surface area contributed by atoms with Gasteiger partial charge >= 0.3 is 0 Å². The van der Waals surface area contributed by atoms with Crippen LogP contribution < -0.4 is 0 Å². The van der Waals surface area contributed by atoms with E-state index in [1.807, 2.05) is 43.3 Å². The quantitative estimate of drug-likeness (QED) is 0.612. The van der Waals surface area contributed by atoms with Crippen LogP contribution in [0.4, 0.5) is 0 Å². The molecule has 0 radical (unpaired) electrons. The molecule has 4 heteroatoms. The van der Waals surface area contributed by atoms with Crippen LogP contribution in [-0.2, 0) is 0 Å². The van der Waals surface area contributed by atoms with Gasteiger partial charge in [-0.2, -0.15) is 0 Å². The van der Waals surface area contributed by atoms with Crippen molar-refractivity contribution in [3.63, 3.8) is 0 Å². The van der Waals surface area contributed by atoms with E-state index in [0.717, 1.165) is 21.7 Å². The summed E-state index contributed by atoms with van der Waals surface area (Å²) < 4.78 is 0. The lowest BCUT2D eigenvalue weighted by Crippen LogP contribution is -1.96. The van der Waals surface area contributed by atoms with Crippen molar-refractivity contribution >= 4 is 22.9 Å². The molecule has 1 aromatic carbocycles. The number of benzene rings is 1. The van der Waals surface area contributed by atoms with Gasteiger partial charge in [0.2, 0.25) is 0 Å². The third kappa shape index (κ3) is 2.47. The molecule has 0 fully saturated rings. The first-order chi connectivity index (χ1) is 9.65. The Kier molecular flexibility index (Phi) is 3.55. The number of halogens is 1. The van der Waals surface area contributed by atoms with Crippen LogP contribution in [0, 0.1) is 13.8 Å². The molecule has 20 heavy (non-hydrogen) atoms. The van der Waals surface area contributed by atoms with Crippen LogP contribution in [0.15, 0.2) is 42.5 Å². The lowest BCUT2D eigenvalue weighted by atomic mass is 10.1. The van der Waals surface area contributed by atoms with Crippen molar-refractivity contribution in [3.05, 3.63) is 58.1 Å². The Labute approximate surface area is 127 Å². The zero-order chi connectivity index (χ0) is 14.1. The third-order valence-corrected chi connectivity index (χ3v) is 4.46. The summed E-state index contributed by atoms with van der Waals surface area (Å²) in [4.78, 5) is 11.4. The minimum Gasteiger partial charge on any atom is -0.227 e. The van der Waals surface area contributed by atoms with Gasteiger partial charge in [0.05, 0.1) is 10.6 Å². The number of aromatic nitrogens is 2. The first-order valence-corrected chi connectivity index (χ1v) is 7.51. The van der Waals surface area contributed by atoms with Crippen molar-refractivity contribution in [3.8, 4) is 22.0 Å². The molecular formula is C16H13ClN2S. The van der Waals surface area contributed by atoms with Gasteiger partial charge < -0.3 is 0 Å². The zero-order valence-corrected chi connectivity index (χ0v) is 12.8. The standard InChI is InChI=1S/C16H13ClN2S/c1-10-8-9-13(20-10)16-18-14(11(2)15(17)19-16)12-6-4-3-5-7-12/h3-9H,1-2H3. The number of rotatable bonds is 2. The Morgan fingerprint density at radius 2 is 1.70 bits per heavy atom. The molecule has 0 unspecified atom stereocenters. The summed E-state index contributed by atoms with van der Waals surface area (Å²) in [5.41, 5.74) is 2.87. The smallest absolute Gasteiger partial charge is 0.171 e. The monoisotopic (exact) mass is 300 g/mol. The second-order valence-corrected chi connectivity index (χ2v) is 6.23. The van der Waals surface area contributed by atoms with E-state index in [0.29, 0.717) is 11.0 Å². The van der Waals surface area contributed by atoms with E-state index in [1.54, 1.807) is 11.3 Å². The Morgan fingerprint density at radius 3 is 2.35 bits per heavy atom. The second kappa shape index (κ2) is 5.35. The number of hydrogen-bond acceptors (Lipinski definition) is 3. The average Bonchev–Trinajstić information content (AvgIpc) is 2.89. The predicted octanol–water partition coefficient (Wildman–Crippen LogP) is 5.14. The number of aryl methyl sites for hydroxylation is 1. The van der Waals surface area contributed by atoms with Gasteiger partial charge in [-0.05, 0) is 26.0 Å². The molecule has 0 amide bonds. The van der Waals surface area contributed by atoms with Gasteiger partial charge in [0.25, 0.3) is 0 Å². The molecule has 0 aliphatic rings. The van der Waals surface area contributed by atoms with E-state index in [4.69, 9.17) is 16.6 Å². The zero-order valence-electron chi connectivity index (χ0n) is 11.2. The van der Waals surface area contributed by atoms with E-state index in [1.165, 1.54) is 4.88 Å². The highest BCUT2D eigenvalue weighted by Gasteiger charge is 2.13. The van der Waals surface area contributed by atoms with Crippen LogP contribution in [0.5, 0.6) is 0 Å². The summed E-state index contributed by atoms with van der Waals surface area (Å²) in [6.45, 7) is 4.02. The number of thiophene rings is 1. The molecule has 0 aliphatic carbocycles. The van der Waals surface area contributed by atoms with Gasteiger partial charge in [0.15, 0.2) is 5.82 Å². The minimum absolute atomic E-state index is 0.514. The van der Waals surface area contributed by atoms with Gasteiger partial charge in [-0.15, -0.1) is 11.3 Å². The van der Waals surface area contributed by atoms with Crippen LogP contribution in [0.2, 0.25) is 5.15 Å². The van der Waals surface area contributed by atoms with Crippen molar-refractivity contribution in [1.82, 2.24) is 9.97 Å². The topological polar surface area (TPSA) is 25.8 Å². The van der Waals surface area contributed by atoms with Gasteiger partial charge in [-0.25, -0.2) is 9.97 Å². The van der Waals surface area contributed by atoms with Gasteiger partial charge in [0.1, 0.15) is 5.15 Å². The number of hydrogen-bond donors (Lipinski definition) is 0. The molecule has 0 aliphatic heterocycles. The Bertz CT molecular complexity index is 750. The molecule has 2 heterocycles. The van der Waals surface area contributed by atoms with Crippen molar-refractivity contribution in [2.24, 2.45) is 0 Å². The summed E-state index contributed by atoms with van der Waals surface area (Å²) in [6.07, 6.45) is 0. The molecule has 2 aromatic heterocycles. The maximum atomic E-state index is 6.28. The lowest BCUT2D eigenvalue weighted by molar-refractivity contribution is 1.15. The van der Waals surface area contributed by atoms with Crippen LogP contribution >= 0.6 is 22.9 Å². The van der Waals surface area contributed by atoms with Gasteiger partial charge in [-0.1, -0.05) is 41.9 Å². The maximum Gasteiger partial charge on any atom is 0.171 e. The van der Waals surface area contributed by atoms with Crippen molar-refractivity contribution < 1.29 is 0 Å². The first kappa shape index (κ1) is 13.3. The predicted molar refractivity (Wildman–Crippen MR) is 85.3 cm³/mol. The first-order valence-electron chi connectivity index (χ1n) is 6.31. The molecule has 2 nitrogen and oxygen atoms in total. The Morgan fingerprint density at radius 1 is 0.950 bits per heavy atom. The summed E-state index contributed by atoms with van der Waals surface area (Å²) in [6, 6.07) is 14.2. The summed E-state index contributed by atoms with van der Waals surface area (Å²) >= 11 is 7.95. The van der Waals surface area contributed by atoms with E-state index in [-0.39, 0.29) is 0 Å². The Hall–Kier alpha value is -1.71. The lowest BCUT2D eigenvalue weighted by Gasteiger charge is -2.08. The van der Waals surface area contributed by atoms with Gasteiger partial charge in [-0.3, -0.25) is 0 Å². The molecule has 0 N–H and O–H groups in total. The summed E-state index contributed by atoms with van der Waals surface area (Å²) in [7, 11) is 0. The minimum atomic E-state index is 0.514. The molecule has 3 aromatic rings. The molecule has 0 saturated heterocycles. The summed E-state index contributed by atoms with van der Waals surface area (Å²) in [5, 5.41) is 0.514. The average molecular weight is 301 g/mol. The van der Waals surface area contributed by atoms with E-state index < -0.39 is 0 Å². The highest BCUT2D eigenvalue weighted by Crippen LogP contribution is 2.31. The number of nitrogens with zero attached hydrogens (tertiary/aromatic N) is 2. The molecule has 0 atom stereocenters. The highest BCUT2D eigenvalue weighted by atomic mass is 35.5. The second-order valence-electron chi connectivity index (χ2n) is 4.59. The Balaban J connectivity index is 2.18. The molecule has 100 valence electrons. The van der Waals surface area contributed by atoms with Crippen molar-refractivity contribution in [1.29, 1.82) is 0 Å². The fourth-order valence-corrected chi connectivity index (χ4v) is 3.00. The normalized spacial score (nSPS) is 10.8. The molecule has 0 spiro atoms. The maximum absolute atomic E-state index is 6.28. The van der Waals surface area contributed by atoms with Crippen molar-refractivity contribution in [2.45, 2.75) is 13.8 Å². The molecule has 0 saturated carbocycles. The van der Waals surface area contributed by atoms with Crippen LogP contribution in [0.1, 0.15) is 10.4 Å². The highest BCUT2D eigenvalue weighted by molar-refractivity contribution is 7.15. The summed E-state index contributed by atoms with van der Waals surface area (Å²) in [5.74, 6) is 0.692. The van der Waals surface area contributed by atoms with E-state index >= 15 is 0 Å². The van der Waals surface area contributed by atoms with E-state index in [2.05, 4.69) is 18.0 Å². The van der Waals surface area contributed by atoms with Crippen LogP contribution in [0.3, 0.4) is 0 Å². The molecule has 3 rings (SSSR count). The largest absolute Gasteiger partial charge is 0.227 e. The van der Waals surface area contributed by atoms with Crippen LogP contribution in [-0.4, -0.2) is 9.97 Å². The SMILES string of the molecule is Cc1ccc(-c2nc(Cl)c(C)c(-c3ccccc3)n2)s1. The molecule has 0 bridgehead atoms. The van der Waals surface area contributed by atoms with Gasteiger partial charge in [0, 0.05) is 16.0 Å². The van der Waals surface area contributed by atoms with Crippen molar-refractivity contribution in [2.75, 3.05) is 0 Å². The van der Waals surface area contributed by atoms with E-state index in [9.17, 15) is 0 Å². The third-order valence-electron chi connectivity index (χ3n) is 3.09. The fraction of sp³-hybridized carbons (Fsp3) is 0.125. The molecular weight excluding hydrogens is 288 g/mol. The fourth-order valence-electron chi connectivity index (χ4n) is 2.03.